The lowest BCUT2D eigenvalue weighted by Crippen LogP contribution is -2.30. The lowest BCUT2D eigenvalue weighted by molar-refractivity contribution is 0.0979. The number of aromatic nitrogens is 1. The van der Waals surface area contributed by atoms with Crippen molar-refractivity contribution in [3.8, 4) is 0 Å². The van der Waals surface area contributed by atoms with E-state index in [9.17, 15) is 18.0 Å². The Bertz CT molecular complexity index is 2180. The summed E-state index contributed by atoms with van der Waals surface area (Å²) in [6, 6.07) is 32.5. The number of nitrogens with one attached hydrogen (secondary N) is 1. The first-order chi connectivity index (χ1) is 20.8. The van der Waals surface area contributed by atoms with Gasteiger partial charge in [-0.2, -0.15) is 0 Å². The quantitative estimate of drug-likeness (QED) is 0.214. The van der Waals surface area contributed by atoms with E-state index in [-0.39, 0.29) is 33.2 Å². The van der Waals surface area contributed by atoms with Crippen molar-refractivity contribution < 1.29 is 18.0 Å². The van der Waals surface area contributed by atoms with Crippen molar-refractivity contribution >= 4 is 66.4 Å². The Balaban J connectivity index is 1.37. The summed E-state index contributed by atoms with van der Waals surface area (Å²) in [5.74, 6) is -0.958. The van der Waals surface area contributed by atoms with Gasteiger partial charge in [-0.3, -0.25) is 9.59 Å². The number of sulfone groups is 1. The molecule has 7 rings (SSSR count). The standard InChI is InChI=1S/C34H22ClN3O4S/c35-23-9-7-8-21(18-23)20-38-29-19-22(16-17-31(29)43(41,42)30-15-6-3-12-26(30)34(38)40)33(39)37-32-24-10-1-4-13-27(24)36-28-14-5-2-11-25(28)32/h1-19H,20H2,(H,36,37,39). The maximum atomic E-state index is 14.0. The fourth-order valence-corrected chi connectivity index (χ4v) is 7.33. The predicted molar refractivity (Wildman–Crippen MR) is 168 cm³/mol. The van der Waals surface area contributed by atoms with Crippen molar-refractivity contribution in [3.63, 3.8) is 0 Å². The SMILES string of the molecule is O=C(Nc1c2ccccc2nc2ccccc12)c1ccc2c(c1)N(Cc1cccc(Cl)c1)C(=O)c1ccccc1S2(=O)=O. The number of rotatable bonds is 4. The summed E-state index contributed by atoms with van der Waals surface area (Å²) in [6.07, 6.45) is 0. The monoisotopic (exact) mass is 603 g/mol. The first-order valence-electron chi connectivity index (χ1n) is 13.4. The second-order valence-corrected chi connectivity index (χ2v) is 12.5. The van der Waals surface area contributed by atoms with Gasteiger partial charge in [0, 0.05) is 21.4 Å². The van der Waals surface area contributed by atoms with Crippen LogP contribution in [0.4, 0.5) is 11.4 Å². The van der Waals surface area contributed by atoms with Gasteiger partial charge in [-0.15, -0.1) is 0 Å². The van der Waals surface area contributed by atoms with E-state index in [4.69, 9.17) is 16.6 Å². The third-order valence-electron chi connectivity index (χ3n) is 7.51. The molecule has 7 nitrogen and oxygen atoms in total. The number of nitrogens with zero attached hydrogens (tertiary/aromatic N) is 2. The van der Waals surface area contributed by atoms with Gasteiger partial charge in [-0.05, 0) is 60.2 Å². The molecule has 0 radical (unpaired) electrons. The molecule has 6 aromatic rings. The van der Waals surface area contributed by atoms with E-state index in [0.717, 1.165) is 21.8 Å². The first-order valence-corrected chi connectivity index (χ1v) is 15.3. The van der Waals surface area contributed by atoms with Gasteiger partial charge in [0.15, 0.2) is 0 Å². The number of amides is 2. The number of para-hydroxylation sites is 2. The average molecular weight is 604 g/mol. The maximum absolute atomic E-state index is 14.0. The molecule has 5 aromatic carbocycles. The molecule has 0 fully saturated rings. The molecule has 1 N–H and O–H groups in total. The fourth-order valence-electron chi connectivity index (χ4n) is 5.48. The van der Waals surface area contributed by atoms with Crippen molar-refractivity contribution in [3.05, 3.63) is 137 Å². The smallest absolute Gasteiger partial charge is 0.259 e. The van der Waals surface area contributed by atoms with Gasteiger partial charge in [0.05, 0.1) is 44.3 Å². The third-order valence-corrected chi connectivity index (χ3v) is 9.60. The highest BCUT2D eigenvalue weighted by Crippen LogP contribution is 2.39. The number of halogens is 1. The van der Waals surface area contributed by atoms with E-state index >= 15 is 0 Å². The Morgan fingerprint density at radius 3 is 2.16 bits per heavy atom. The minimum Gasteiger partial charge on any atom is -0.321 e. The molecule has 0 saturated heterocycles. The number of anilines is 2. The summed E-state index contributed by atoms with van der Waals surface area (Å²) >= 11 is 6.23. The zero-order chi connectivity index (χ0) is 29.7. The number of carbonyl (C=O) groups excluding carboxylic acids is 2. The molecule has 1 aromatic heterocycles. The van der Waals surface area contributed by atoms with Crippen LogP contribution in [0.15, 0.2) is 125 Å². The van der Waals surface area contributed by atoms with Gasteiger partial charge in [0.2, 0.25) is 9.84 Å². The summed E-state index contributed by atoms with van der Waals surface area (Å²) in [5, 5.41) is 5.05. The molecule has 1 aliphatic heterocycles. The molecule has 0 bridgehead atoms. The number of hydrogen-bond donors (Lipinski definition) is 1. The largest absolute Gasteiger partial charge is 0.321 e. The van der Waals surface area contributed by atoms with E-state index in [2.05, 4.69) is 5.32 Å². The minimum atomic E-state index is -4.09. The highest BCUT2D eigenvalue weighted by Gasteiger charge is 2.36. The average Bonchev–Trinajstić information content (AvgIpc) is 3.08. The Morgan fingerprint density at radius 1 is 0.767 bits per heavy atom. The highest BCUT2D eigenvalue weighted by molar-refractivity contribution is 7.91. The molecule has 1 aliphatic rings. The highest BCUT2D eigenvalue weighted by atomic mass is 35.5. The maximum Gasteiger partial charge on any atom is 0.259 e. The molecular formula is C34H22ClN3O4S. The van der Waals surface area contributed by atoms with Crippen LogP contribution >= 0.6 is 11.6 Å². The number of hydrogen-bond acceptors (Lipinski definition) is 5. The van der Waals surface area contributed by atoms with Crippen LogP contribution in [-0.4, -0.2) is 25.2 Å². The van der Waals surface area contributed by atoms with E-state index in [0.29, 0.717) is 16.3 Å². The molecule has 0 atom stereocenters. The molecule has 0 saturated carbocycles. The third kappa shape index (κ3) is 4.61. The summed E-state index contributed by atoms with van der Waals surface area (Å²) in [7, 11) is -4.09. The Hall–Kier alpha value is -5.05. The van der Waals surface area contributed by atoms with Crippen LogP contribution in [0.3, 0.4) is 0 Å². The summed E-state index contributed by atoms with van der Waals surface area (Å²) in [4.78, 5) is 33.8. The van der Waals surface area contributed by atoms with Crippen molar-refractivity contribution in [2.75, 3.05) is 10.2 Å². The first kappa shape index (κ1) is 26.8. The molecule has 210 valence electrons. The topological polar surface area (TPSA) is 96.4 Å². The van der Waals surface area contributed by atoms with E-state index in [1.165, 1.54) is 35.2 Å². The molecule has 0 unspecified atom stereocenters. The zero-order valence-corrected chi connectivity index (χ0v) is 24.1. The van der Waals surface area contributed by atoms with Gasteiger partial charge < -0.3 is 10.2 Å². The molecule has 2 heterocycles. The Labute approximate surface area is 252 Å². The summed E-state index contributed by atoms with van der Waals surface area (Å²) in [5.41, 5.74) is 3.09. The van der Waals surface area contributed by atoms with Crippen LogP contribution in [0.1, 0.15) is 26.3 Å². The molecule has 43 heavy (non-hydrogen) atoms. The van der Waals surface area contributed by atoms with Gasteiger partial charge in [0.1, 0.15) is 0 Å². The van der Waals surface area contributed by atoms with Gasteiger partial charge in [-0.25, -0.2) is 13.4 Å². The van der Waals surface area contributed by atoms with Gasteiger partial charge in [-0.1, -0.05) is 72.3 Å². The van der Waals surface area contributed by atoms with E-state index < -0.39 is 21.7 Å². The number of pyridine rings is 1. The van der Waals surface area contributed by atoms with Gasteiger partial charge >= 0.3 is 0 Å². The second-order valence-electron chi connectivity index (χ2n) is 10.2. The van der Waals surface area contributed by atoms with Crippen LogP contribution in [0, 0.1) is 0 Å². The van der Waals surface area contributed by atoms with Crippen LogP contribution in [0.25, 0.3) is 21.8 Å². The number of benzene rings is 5. The van der Waals surface area contributed by atoms with Crippen LogP contribution in [-0.2, 0) is 16.4 Å². The zero-order valence-electron chi connectivity index (χ0n) is 22.5. The van der Waals surface area contributed by atoms with E-state index in [1.54, 1.807) is 36.4 Å². The summed E-state index contributed by atoms with van der Waals surface area (Å²) < 4.78 is 27.7. The van der Waals surface area contributed by atoms with Crippen molar-refractivity contribution in [1.29, 1.82) is 0 Å². The fraction of sp³-hybridized carbons (Fsp3) is 0.0294. The van der Waals surface area contributed by atoms with Gasteiger partial charge in [0.25, 0.3) is 11.8 Å². The van der Waals surface area contributed by atoms with Crippen molar-refractivity contribution in [2.24, 2.45) is 0 Å². The summed E-state index contributed by atoms with van der Waals surface area (Å²) in [6.45, 7) is 0.0426. The molecule has 0 spiro atoms. The Kier molecular flexibility index (Phi) is 6.45. The van der Waals surface area contributed by atoms with Crippen LogP contribution in [0.2, 0.25) is 5.02 Å². The van der Waals surface area contributed by atoms with E-state index in [1.807, 2.05) is 48.5 Å². The lowest BCUT2D eigenvalue weighted by Gasteiger charge is -2.24. The lowest BCUT2D eigenvalue weighted by atomic mass is 10.1. The van der Waals surface area contributed by atoms with Crippen LogP contribution < -0.4 is 10.2 Å². The molecule has 9 heteroatoms. The van der Waals surface area contributed by atoms with Crippen molar-refractivity contribution in [1.82, 2.24) is 4.98 Å². The van der Waals surface area contributed by atoms with Crippen molar-refractivity contribution in [2.45, 2.75) is 16.3 Å². The normalized spacial score (nSPS) is 13.8. The Morgan fingerprint density at radius 2 is 1.44 bits per heavy atom. The minimum absolute atomic E-state index is 0.0426. The second kappa shape index (κ2) is 10.3. The molecule has 2 amide bonds. The molecule has 0 aliphatic carbocycles. The van der Waals surface area contributed by atoms with Crippen LogP contribution in [0.5, 0.6) is 0 Å². The molecular weight excluding hydrogens is 582 g/mol. The predicted octanol–water partition coefficient (Wildman–Crippen LogP) is 7.29. The number of carbonyl (C=O) groups is 2. The number of fused-ring (bicyclic) bond motifs is 4.